The van der Waals surface area contributed by atoms with Gasteiger partial charge in [-0.15, -0.1) is 0 Å². The number of hydrogen-bond acceptors (Lipinski definition) is 3. The lowest BCUT2D eigenvalue weighted by molar-refractivity contribution is -0.166. The Morgan fingerprint density at radius 2 is 1.81 bits per heavy atom. The maximum Gasteiger partial charge on any atom is 0.255 e. The van der Waals surface area contributed by atoms with E-state index in [1.165, 1.54) is 5.56 Å². The molecule has 6 heteroatoms. The first-order valence-corrected chi connectivity index (χ1v) is 12.3. The van der Waals surface area contributed by atoms with Crippen molar-refractivity contribution in [3.05, 3.63) is 101 Å². The molecule has 0 saturated carbocycles. The Bertz CT molecular complexity index is 1490. The van der Waals surface area contributed by atoms with Gasteiger partial charge in [0.25, 0.3) is 5.91 Å². The molecule has 2 aliphatic heterocycles. The van der Waals surface area contributed by atoms with E-state index < -0.39 is 5.54 Å². The zero-order valence-corrected chi connectivity index (χ0v) is 20.7. The number of piperazine rings is 1. The average Bonchev–Trinajstić information content (AvgIpc) is 3.29. The highest BCUT2D eigenvalue weighted by molar-refractivity contribution is 6.01. The minimum atomic E-state index is -1.11. The van der Waals surface area contributed by atoms with Crippen molar-refractivity contribution in [2.45, 2.75) is 31.8 Å². The normalized spacial score (nSPS) is 21.5. The van der Waals surface area contributed by atoms with Crippen LogP contribution < -0.4 is 4.74 Å². The van der Waals surface area contributed by atoms with Gasteiger partial charge in [-0.25, -0.2) is 0 Å². The number of amides is 2. The smallest absolute Gasteiger partial charge is 0.255 e. The highest BCUT2D eigenvalue weighted by atomic mass is 16.5. The summed E-state index contributed by atoms with van der Waals surface area (Å²) < 4.78 is 5.36. The van der Waals surface area contributed by atoms with Crippen LogP contribution in [0.4, 0.5) is 0 Å². The summed E-state index contributed by atoms with van der Waals surface area (Å²) in [6, 6.07) is 24.3. The van der Waals surface area contributed by atoms with E-state index in [4.69, 9.17) is 4.74 Å². The molecule has 2 amide bonds. The summed E-state index contributed by atoms with van der Waals surface area (Å²) in [6.07, 6.45) is 0. The van der Waals surface area contributed by atoms with Crippen molar-refractivity contribution >= 4 is 22.7 Å². The van der Waals surface area contributed by atoms with E-state index in [0.29, 0.717) is 13.1 Å². The van der Waals surface area contributed by atoms with Crippen LogP contribution in [0.25, 0.3) is 10.9 Å². The van der Waals surface area contributed by atoms with E-state index >= 15 is 0 Å². The first kappa shape index (κ1) is 22.4. The SMILES string of the molecule is COc1cccc(CN2CC(=O)N3CC(c4ccc(C)cc4)c4c([nH]c5ccccc45)[C@@]3(C)C2=O)c1. The summed E-state index contributed by atoms with van der Waals surface area (Å²) in [5.74, 6) is 0.598. The summed E-state index contributed by atoms with van der Waals surface area (Å²) in [7, 11) is 1.62. The van der Waals surface area contributed by atoms with E-state index in [-0.39, 0.29) is 24.3 Å². The molecular weight excluding hydrogens is 450 g/mol. The number of benzene rings is 3. The molecule has 0 radical (unpaired) electrons. The number of fused-ring (bicyclic) bond motifs is 5. The van der Waals surface area contributed by atoms with E-state index in [9.17, 15) is 9.59 Å². The van der Waals surface area contributed by atoms with Crippen molar-refractivity contribution in [2.75, 3.05) is 20.2 Å². The second-order valence-electron chi connectivity index (χ2n) is 10.0. The quantitative estimate of drug-likeness (QED) is 0.461. The molecule has 0 spiro atoms. The zero-order valence-electron chi connectivity index (χ0n) is 20.7. The van der Waals surface area contributed by atoms with Gasteiger partial charge < -0.3 is 19.5 Å². The van der Waals surface area contributed by atoms with Gasteiger partial charge in [0.15, 0.2) is 5.54 Å². The van der Waals surface area contributed by atoms with E-state index in [1.807, 2.05) is 49.4 Å². The number of methoxy groups -OCH3 is 1. The topological polar surface area (TPSA) is 65.6 Å². The third-order valence-electron chi connectivity index (χ3n) is 7.80. The van der Waals surface area contributed by atoms with Crippen molar-refractivity contribution in [3.63, 3.8) is 0 Å². The number of rotatable bonds is 4. The average molecular weight is 480 g/mol. The van der Waals surface area contributed by atoms with Crippen LogP contribution in [-0.4, -0.2) is 46.8 Å². The van der Waals surface area contributed by atoms with Gasteiger partial charge >= 0.3 is 0 Å². The molecular formula is C30H29N3O3. The molecule has 1 aromatic heterocycles. The van der Waals surface area contributed by atoms with Gasteiger partial charge in [0.2, 0.25) is 5.91 Å². The standard InChI is InChI=1S/C30H29N3O3/c1-19-11-13-21(14-12-19)24-17-33-26(34)18-32(16-20-7-6-8-22(15-20)36-3)29(35)30(33,2)28-27(24)23-9-4-5-10-25(23)31-28/h4-15,24,31H,16-18H2,1-3H3/t24?,30-/m0/s1. The van der Waals surface area contributed by atoms with Gasteiger partial charge in [-0.1, -0.05) is 60.2 Å². The predicted molar refractivity (Wildman–Crippen MR) is 139 cm³/mol. The van der Waals surface area contributed by atoms with Crippen molar-refractivity contribution < 1.29 is 14.3 Å². The lowest BCUT2D eigenvalue weighted by atomic mass is 9.76. The van der Waals surface area contributed by atoms with Crippen molar-refractivity contribution in [3.8, 4) is 5.75 Å². The van der Waals surface area contributed by atoms with Gasteiger partial charge in [-0.3, -0.25) is 9.59 Å². The van der Waals surface area contributed by atoms with Gasteiger partial charge in [0.05, 0.1) is 12.8 Å². The van der Waals surface area contributed by atoms with E-state index in [2.05, 4.69) is 42.2 Å². The first-order chi connectivity index (χ1) is 17.4. The van der Waals surface area contributed by atoms with Crippen molar-refractivity contribution in [2.24, 2.45) is 0 Å². The summed E-state index contributed by atoms with van der Waals surface area (Å²) in [4.78, 5) is 34.9. The van der Waals surface area contributed by atoms with Crippen LogP contribution in [0.2, 0.25) is 0 Å². The number of aryl methyl sites for hydroxylation is 1. The maximum atomic E-state index is 14.2. The molecule has 0 aliphatic carbocycles. The molecule has 1 N–H and O–H groups in total. The number of nitrogens with one attached hydrogen (secondary N) is 1. The Morgan fingerprint density at radius 3 is 2.58 bits per heavy atom. The number of nitrogens with zero attached hydrogens (tertiary/aromatic N) is 2. The Balaban J connectivity index is 1.48. The monoisotopic (exact) mass is 479 g/mol. The predicted octanol–water partition coefficient (Wildman–Crippen LogP) is 4.72. The number of H-pyrrole nitrogens is 1. The van der Waals surface area contributed by atoms with Crippen LogP contribution in [0, 0.1) is 6.92 Å². The van der Waals surface area contributed by atoms with Gasteiger partial charge in [-0.2, -0.15) is 0 Å². The van der Waals surface area contributed by atoms with Crippen LogP contribution in [0.15, 0.2) is 72.8 Å². The molecule has 2 atom stereocenters. The highest BCUT2D eigenvalue weighted by Gasteiger charge is 2.56. The lowest BCUT2D eigenvalue weighted by Crippen LogP contribution is -2.67. The fourth-order valence-corrected chi connectivity index (χ4v) is 5.89. The van der Waals surface area contributed by atoms with Crippen LogP contribution in [0.5, 0.6) is 5.75 Å². The number of carbonyl (C=O) groups excluding carboxylic acids is 2. The largest absolute Gasteiger partial charge is 0.497 e. The third kappa shape index (κ3) is 3.32. The first-order valence-electron chi connectivity index (χ1n) is 12.3. The van der Waals surface area contributed by atoms with Gasteiger partial charge in [0, 0.05) is 29.9 Å². The molecule has 1 saturated heterocycles. The maximum absolute atomic E-state index is 14.2. The number of aromatic amines is 1. The Morgan fingerprint density at radius 1 is 1.03 bits per heavy atom. The van der Waals surface area contributed by atoms with Crippen molar-refractivity contribution in [1.29, 1.82) is 0 Å². The molecule has 0 bridgehead atoms. The van der Waals surface area contributed by atoms with E-state index in [1.54, 1.807) is 16.9 Å². The number of hydrogen-bond donors (Lipinski definition) is 1. The van der Waals surface area contributed by atoms with Gasteiger partial charge in [-0.05, 0) is 48.7 Å². The van der Waals surface area contributed by atoms with Crippen molar-refractivity contribution in [1.82, 2.24) is 14.8 Å². The lowest BCUT2D eigenvalue weighted by Gasteiger charge is -2.51. The number of ether oxygens (including phenoxy) is 1. The molecule has 36 heavy (non-hydrogen) atoms. The Labute approximate surface area is 210 Å². The highest BCUT2D eigenvalue weighted by Crippen LogP contribution is 2.48. The molecule has 182 valence electrons. The molecule has 2 aliphatic rings. The molecule has 6 rings (SSSR count). The Hall–Kier alpha value is -4.06. The summed E-state index contributed by atoms with van der Waals surface area (Å²) in [5, 5.41) is 1.10. The van der Waals surface area contributed by atoms with Gasteiger partial charge in [0.1, 0.15) is 12.3 Å². The van der Waals surface area contributed by atoms with Crippen LogP contribution in [-0.2, 0) is 21.7 Å². The van der Waals surface area contributed by atoms with Crippen LogP contribution in [0.3, 0.4) is 0 Å². The molecule has 4 aromatic rings. The second kappa shape index (κ2) is 8.26. The summed E-state index contributed by atoms with van der Waals surface area (Å²) >= 11 is 0. The minimum Gasteiger partial charge on any atom is -0.497 e. The van der Waals surface area contributed by atoms with E-state index in [0.717, 1.165) is 39.0 Å². The zero-order chi connectivity index (χ0) is 25.0. The number of carbonyl (C=O) groups is 2. The molecule has 6 nitrogen and oxygen atoms in total. The molecule has 1 unspecified atom stereocenters. The Kier molecular flexibility index (Phi) is 5.14. The fraction of sp³-hybridized carbons (Fsp3) is 0.267. The fourth-order valence-electron chi connectivity index (χ4n) is 5.89. The number of para-hydroxylation sites is 1. The molecule has 1 fully saturated rings. The summed E-state index contributed by atoms with van der Waals surface area (Å²) in [6.45, 7) is 4.84. The molecule has 3 aromatic carbocycles. The van der Waals surface area contributed by atoms with Crippen LogP contribution >= 0.6 is 0 Å². The van der Waals surface area contributed by atoms with Crippen LogP contribution in [0.1, 0.15) is 40.8 Å². The third-order valence-corrected chi connectivity index (χ3v) is 7.80. The molecule has 3 heterocycles. The number of aromatic nitrogens is 1. The minimum absolute atomic E-state index is 0.0218. The summed E-state index contributed by atoms with van der Waals surface area (Å²) in [5.41, 5.74) is 5.06. The second-order valence-corrected chi connectivity index (χ2v) is 10.0.